The van der Waals surface area contributed by atoms with Gasteiger partial charge in [0.15, 0.2) is 0 Å². The average molecular weight is 253 g/mol. The number of halogens is 1. The Hall–Kier alpha value is -1.29. The Morgan fingerprint density at radius 2 is 2.14 bits per heavy atom. The Morgan fingerprint density at radius 1 is 1.36 bits per heavy atom. The van der Waals surface area contributed by atoms with E-state index in [-0.39, 0.29) is 0 Å². The number of rotatable bonds is 1. The lowest BCUT2D eigenvalue weighted by Gasteiger charge is -2.05. The highest BCUT2D eigenvalue weighted by Crippen LogP contribution is 2.29. The predicted molar refractivity (Wildman–Crippen MR) is 60.4 cm³/mol. The van der Waals surface area contributed by atoms with Crippen LogP contribution in [0.5, 0.6) is 5.75 Å². The first kappa shape index (κ1) is 9.27. The van der Waals surface area contributed by atoms with Crippen LogP contribution in [-0.2, 0) is 0 Å². The molecule has 0 amide bonds. The summed E-state index contributed by atoms with van der Waals surface area (Å²) in [4.78, 5) is 4.06. The number of nitrogens with two attached hydrogens (primary N) is 1. The van der Waals surface area contributed by atoms with E-state index in [0.29, 0.717) is 5.82 Å². The Bertz CT molecular complexity index is 485. The molecule has 0 aliphatic rings. The molecule has 0 aliphatic carbocycles. The molecule has 72 valence electrons. The molecule has 0 fully saturated rings. The van der Waals surface area contributed by atoms with Crippen molar-refractivity contribution < 1.29 is 4.74 Å². The molecule has 0 saturated carbocycles. The first-order chi connectivity index (χ1) is 6.72. The molecule has 0 aliphatic heterocycles. The van der Waals surface area contributed by atoms with Gasteiger partial charge in [0.25, 0.3) is 0 Å². The van der Waals surface area contributed by atoms with Gasteiger partial charge in [-0.1, -0.05) is 0 Å². The molecule has 0 saturated heterocycles. The standard InChI is InChI=1S/C10H9BrN2O/c1-14-6-2-3-7-8(4-6)10(12)13-5-9(7)11/h2-5H,1H3,(H2,12,13). The Labute approximate surface area is 90.0 Å². The van der Waals surface area contributed by atoms with Crippen molar-refractivity contribution >= 4 is 32.5 Å². The van der Waals surface area contributed by atoms with Gasteiger partial charge >= 0.3 is 0 Å². The third kappa shape index (κ3) is 1.42. The lowest BCUT2D eigenvalue weighted by Crippen LogP contribution is -1.92. The molecule has 0 radical (unpaired) electrons. The number of hydrogen-bond donors (Lipinski definition) is 1. The molecule has 2 aromatic rings. The second-order valence-corrected chi connectivity index (χ2v) is 3.76. The molecule has 14 heavy (non-hydrogen) atoms. The molecule has 0 unspecified atom stereocenters. The number of nitrogens with zero attached hydrogens (tertiary/aromatic N) is 1. The maximum atomic E-state index is 5.76. The van der Waals surface area contributed by atoms with Crippen molar-refractivity contribution in [2.45, 2.75) is 0 Å². The fourth-order valence-corrected chi connectivity index (χ4v) is 1.78. The van der Waals surface area contributed by atoms with E-state index in [1.165, 1.54) is 0 Å². The monoisotopic (exact) mass is 252 g/mol. The molecular weight excluding hydrogens is 244 g/mol. The number of pyridine rings is 1. The van der Waals surface area contributed by atoms with E-state index in [0.717, 1.165) is 21.0 Å². The van der Waals surface area contributed by atoms with Crippen molar-refractivity contribution in [2.24, 2.45) is 0 Å². The third-order valence-corrected chi connectivity index (χ3v) is 2.71. The lowest BCUT2D eigenvalue weighted by molar-refractivity contribution is 0.415. The maximum absolute atomic E-state index is 5.76. The molecule has 0 atom stereocenters. The van der Waals surface area contributed by atoms with E-state index in [9.17, 15) is 0 Å². The molecule has 3 nitrogen and oxygen atoms in total. The van der Waals surface area contributed by atoms with Crippen LogP contribution in [0.1, 0.15) is 0 Å². The van der Waals surface area contributed by atoms with Gasteiger partial charge in [-0.05, 0) is 34.1 Å². The van der Waals surface area contributed by atoms with Crippen molar-refractivity contribution in [3.05, 3.63) is 28.9 Å². The van der Waals surface area contributed by atoms with Crippen molar-refractivity contribution in [2.75, 3.05) is 12.8 Å². The maximum Gasteiger partial charge on any atom is 0.131 e. The second-order valence-electron chi connectivity index (χ2n) is 2.90. The van der Waals surface area contributed by atoms with Crippen LogP contribution in [0, 0.1) is 0 Å². The average Bonchev–Trinajstić information content (AvgIpc) is 2.23. The Morgan fingerprint density at radius 3 is 2.86 bits per heavy atom. The van der Waals surface area contributed by atoms with Gasteiger partial charge in [-0.2, -0.15) is 0 Å². The summed E-state index contributed by atoms with van der Waals surface area (Å²) in [6, 6.07) is 5.73. The fourth-order valence-electron chi connectivity index (χ4n) is 1.34. The summed E-state index contributed by atoms with van der Waals surface area (Å²) in [6.45, 7) is 0. The van der Waals surface area contributed by atoms with Crippen molar-refractivity contribution in [1.82, 2.24) is 4.98 Å². The highest BCUT2D eigenvalue weighted by Gasteiger charge is 2.04. The molecule has 4 heteroatoms. The van der Waals surface area contributed by atoms with Crippen LogP contribution in [0.25, 0.3) is 10.8 Å². The summed E-state index contributed by atoms with van der Waals surface area (Å²) in [5, 5.41) is 1.94. The SMILES string of the molecule is COc1ccc2c(Br)cnc(N)c2c1. The number of anilines is 1. The molecule has 0 bridgehead atoms. The summed E-state index contributed by atoms with van der Waals surface area (Å²) < 4.78 is 6.05. The van der Waals surface area contributed by atoms with Crippen LogP contribution in [0.4, 0.5) is 5.82 Å². The number of benzene rings is 1. The van der Waals surface area contributed by atoms with Crippen LogP contribution in [0.2, 0.25) is 0 Å². The van der Waals surface area contributed by atoms with Gasteiger partial charge in [-0.15, -0.1) is 0 Å². The van der Waals surface area contributed by atoms with E-state index in [1.54, 1.807) is 13.3 Å². The fraction of sp³-hybridized carbons (Fsp3) is 0.100. The van der Waals surface area contributed by atoms with Gasteiger partial charge in [0.05, 0.1) is 7.11 Å². The smallest absolute Gasteiger partial charge is 0.131 e. The molecule has 1 aromatic carbocycles. The molecular formula is C10H9BrN2O. The van der Waals surface area contributed by atoms with Gasteiger partial charge in [-0.3, -0.25) is 0 Å². The minimum Gasteiger partial charge on any atom is -0.497 e. The summed E-state index contributed by atoms with van der Waals surface area (Å²) in [7, 11) is 1.63. The van der Waals surface area contributed by atoms with Crippen LogP contribution in [0.15, 0.2) is 28.9 Å². The van der Waals surface area contributed by atoms with Crippen molar-refractivity contribution in [3.8, 4) is 5.75 Å². The molecule has 1 aromatic heterocycles. The van der Waals surface area contributed by atoms with E-state index in [2.05, 4.69) is 20.9 Å². The largest absolute Gasteiger partial charge is 0.497 e. The molecule has 2 N–H and O–H groups in total. The zero-order chi connectivity index (χ0) is 10.1. The number of nitrogen functional groups attached to an aromatic ring is 1. The van der Waals surface area contributed by atoms with Gasteiger partial charge in [-0.25, -0.2) is 4.98 Å². The van der Waals surface area contributed by atoms with E-state index >= 15 is 0 Å². The van der Waals surface area contributed by atoms with Gasteiger partial charge in [0, 0.05) is 21.4 Å². The highest BCUT2D eigenvalue weighted by molar-refractivity contribution is 9.10. The van der Waals surface area contributed by atoms with E-state index < -0.39 is 0 Å². The van der Waals surface area contributed by atoms with Gasteiger partial charge < -0.3 is 10.5 Å². The molecule has 2 rings (SSSR count). The zero-order valence-corrected chi connectivity index (χ0v) is 9.21. The molecule has 1 heterocycles. The number of fused-ring (bicyclic) bond motifs is 1. The third-order valence-electron chi connectivity index (χ3n) is 2.08. The quantitative estimate of drug-likeness (QED) is 0.849. The molecule has 0 spiro atoms. The number of ether oxygens (including phenoxy) is 1. The minimum atomic E-state index is 0.516. The predicted octanol–water partition coefficient (Wildman–Crippen LogP) is 2.59. The van der Waals surface area contributed by atoms with E-state index in [1.807, 2.05) is 18.2 Å². The van der Waals surface area contributed by atoms with Crippen molar-refractivity contribution in [1.29, 1.82) is 0 Å². The van der Waals surface area contributed by atoms with Crippen LogP contribution >= 0.6 is 15.9 Å². The van der Waals surface area contributed by atoms with E-state index in [4.69, 9.17) is 10.5 Å². The first-order valence-corrected chi connectivity index (χ1v) is 4.89. The summed E-state index contributed by atoms with van der Waals surface area (Å²) in [5.74, 6) is 1.30. The number of methoxy groups -OCH3 is 1. The Kier molecular flexibility index (Phi) is 2.29. The normalized spacial score (nSPS) is 10.4. The van der Waals surface area contributed by atoms with Gasteiger partial charge in [0.1, 0.15) is 11.6 Å². The first-order valence-electron chi connectivity index (χ1n) is 4.10. The lowest BCUT2D eigenvalue weighted by atomic mass is 10.1. The summed E-state index contributed by atoms with van der Waals surface area (Å²) >= 11 is 3.42. The van der Waals surface area contributed by atoms with Crippen LogP contribution in [-0.4, -0.2) is 12.1 Å². The van der Waals surface area contributed by atoms with Gasteiger partial charge in [0.2, 0.25) is 0 Å². The topological polar surface area (TPSA) is 48.1 Å². The van der Waals surface area contributed by atoms with Crippen LogP contribution < -0.4 is 10.5 Å². The second kappa shape index (κ2) is 3.46. The van der Waals surface area contributed by atoms with Crippen LogP contribution in [0.3, 0.4) is 0 Å². The minimum absolute atomic E-state index is 0.516. The number of hydrogen-bond acceptors (Lipinski definition) is 3. The zero-order valence-electron chi connectivity index (χ0n) is 7.62. The van der Waals surface area contributed by atoms with Crippen molar-refractivity contribution in [3.63, 3.8) is 0 Å². The summed E-state index contributed by atoms with van der Waals surface area (Å²) in [5.41, 5.74) is 5.76. The highest BCUT2D eigenvalue weighted by atomic mass is 79.9. The Balaban J connectivity index is 2.80. The summed E-state index contributed by atoms with van der Waals surface area (Å²) in [6.07, 6.45) is 1.70. The number of aromatic nitrogens is 1.